The Morgan fingerprint density at radius 1 is 1.14 bits per heavy atom. The van der Waals surface area contributed by atoms with Crippen LogP contribution in [0.3, 0.4) is 0 Å². The van der Waals surface area contributed by atoms with Crippen molar-refractivity contribution in [1.29, 1.82) is 0 Å². The molecule has 1 N–H and O–H groups in total. The highest BCUT2D eigenvalue weighted by Gasteiger charge is 2.11. The van der Waals surface area contributed by atoms with Crippen molar-refractivity contribution in [3.63, 3.8) is 0 Å². The summed E-state index contributed by atoms with van der Waals surface area (Å²) in [5.74, 6) is 0. The molecular formula is C17H18INO2. The topological polar surface area (TPSA) is 38.3 Å². The van der Waals surface area contributed by atoms with E-state index in [1.54, 1.807) is 0 Å². The fourth-order valence-electron chi connectivity index (χ4n) is 2.01. The number of nitrogens with one attached hydrogen (secondary N) is 1. The fourth-order valence-corrected chi connectivity index (χ4v) is 2.62. The van der Waals surface area contributed by atoms with Crippen molar-refractivity contribution in [3.05, 3.63) is 69.3 Å². The highest BCUT2D eigenvalue weighted by molar-refractivity contribution is 14.1. The molecule has 1 atom stereocenters. The first-order valence-corrected chi connectivity index (χ1v) is 7.95. The lowest BCUT2D eigenvalue weighted by Gasteiger charge is -2.15. The summed E-state index contributed by atoms with van der Waals surface area (Å²) in [7, 11) is 0. The van der Waals surface area contributed by atoms with Crippen LogP contribution in [0.1, 0.15) is 18.1 Å². The normalized spacial score (nSPS) is 11.7. The molecule has 0 saturated carbocycles. The molecule has 0 spiro atoms. The molecule has 21 heavy (non-hydrogen) atoms. The van der Waals surface area contributed by atoms with Gasteiger partial charge in [-0.3, -0.25) is 0 Å². The molecule has 0 saturated heterocycles. The first-order chi connectivity index (χ1) is 10.1. The minimum atomic E-state index is -0.378. The lowest BCUT2D eigenvalue weighted by molar-refractivity contribution is 0.106. The first-order valence-electron chi connectivity index (χ1n) is 6.87. The van der Waals surface area contributed by atoms with E-state index in [2.05, 4.69) is 40.0 Å². The molecule has 3 nitrogen and oxygen atoms in total. The van der Waals surface area contributed by atoms with E-state index in [0.717, 1.165) is 12.0 Å². The number of hydrogen-bond donors (Lipinski definition) is 1. The molecule has 2 rings (SSSR count). The number of carbonyl (C=O) groups excluding carboxylic acids is 1. The number of hydrogen-bond acceptors (Lipinski definition) is 2. The molecule has 0 heterocycles. The largest absolute Gasteiger partial charge is 0.446 e. The average molecular weight is 395 g/mol. The summed E-state index contributed by atoms with van der Waals surface area (Å²) in [6.07, 6.45) is 0.187. The Morgan fingerprint density at radius 3 is 2.52 bits per heavy atom. The third kappa shape index (κ3) is 5.38. The highest BCUT2D eigenvalue weighted by atomic mass is 127. The number of amides is 1. The molecule has 1 amide bonds. The number of ether oxygens (including phenoxy) is 1. The summed E-state index contributed by atoms with van der Waals surface area (Å²) in [6, 6.07) is 17.9. The van der Waals surface area contributed by atoms with Gasteiger partial charge < -0.3 is 10.1 Å². The number of alkyl carbamates (subject to hydrolysis) is 1. The third-order valence-corrected chi connectivity index (χ3v) is 4.11. The van der Waals surface area contributed by atoms with E-state index >= 15 is 0 Å². The van der Waals surface area contributed by atoms with Crippen LogP contribution in [0.5, 0.6) is 0 Å². The molecule has 2 aromatic carbocycles. The fraction of sp³-hybridized carbons (Fsp3) is 0.235. The van der Waals surface area contributed by atoms with Crippen LogP contribution < -0.4 is 5.32 Å². The van der Waals surface area contributed by atoms with Gasteiger partial charge in [0.25, 0.3) is 0 Å². The Hall–Kier alpha value is -1.56. The Kier molecular flexibility index (Phi) is 6.04. The van der Waals surface area contributed by atoms with E-state index in [1.807, 2.05) is 49.4 Å². The Balaban J connectivity index is 1.78. The quantitative estimate of drug-likeness (QED) is 0.773. The summed E-state index contributed by atoms with van der Waals surface area (Å²) < 4.78 is 6.57. The second-order valence-electron chi connectivity index (χ2n) is 4.85. The summed E-state index contributed by atoms with van der Waals surface area (Å²) in [4.78, 5) is 11.8. The van der Waals surface area contributed by atoms with Crippen LogP contribution in [-0.4, -0.2) is 12.2 Å². The molecule has 0 radical (unpaired) electrons. The molecule has 0 bridgehead atoms. The molecule has 0 aliphatic rings. The number of benzene rings is 2. The van der Waals surface area contributed by atoms with Gasteiger partial charge in [-0.25, -0.2) is 4.79 Å². The molecule has 0 fully saturated rings. The first kappa shape index (κ1) is 15.8. The second-order valence-corrected chi connectivity index (χ2v) is 6.01. The maximum Gasteiger partial charge on any atom is 0.407 e. The summed E-state index contributed by atoms with van der Waals surface area (Å²) >= 11 is 2.30. The molecule has 0 unspecified atom stereocenters. The van der Waals surface area contributed by atoms with Gasteiger partial charge in [-0.2, -0.15) is 0 Å². The zero-order chi connectivity index (χ0) is 15.1. The standard InChI is InChI=1S/C17H18INO2/c1-13(11-15-9-5-6-10-16(15)18)21-17(20)19-12-14-7-3-2-4-8-14/h2-10,13H,11-12H2,1H3,(H,19,20)/t13-/m0/s1. The monoisotopic (exact) mass is 395 g/mol. The second kappa shape index (κ2) is 8.02. The van der Waals surface area contributed by atoms with Gasteiger partial charge >= 0.3 is 6.09 Å². The van der Waals surface area contributed by atoms with Crippen molar-refractivity contribution in [2.45, 2.75) is 26.0 Å². The third-order valence-electron chi connectivity index (χ3n) is 3.05. The summed E-state index contributed by atoms with van der Waals surface area (Å²) in [5, 5.41) is 2.77. The van der Waals surface area contributed by atoms with Crippen molar-refractivity contribution in [1.82, 2.24) is 5.32 Å². The Morgan fingerprint density at radius 2 is 1.81 bits per heavy atom. The smallest absolute Gasteiger partial charge is 0.407 e. The van der Waals surface area contributed by atoms with Gasteiger partial charge in [-0.1, -0.05) is 48.5 Å². The lowest BCUT2D eigenvalue weighted by Crippen LogP contribution is -2.28. The van der Waals surface area contributed by atoms with E-state index in [0.29, 0.717) is 6.54 Å². The molecule has 0 aliphatic carbocycles. The van der Waals surface area contributed by atoms with Gasteiger partial charge in [-0.05, 0) is 46.7 Å². The Labute approximate surface area is 138 Å². The molecule has 4 heteroatoms. The predicted molar refractivity (Wildman–Crippen MR) is 92.1 cm³/mol. The molecule has 110 valence electrons. The Bertz CT molecular complexity index is 586. The van der Waals surface area contributed by atoms with Crippen molar-refractivity contribution in [3.8, 4) is 0 Å². The van der Waals surface area contributed by atoms with Gasteiger partial charge in [-0.15, -0.1) is 0 Å². The van der Waals surface area contributed by atoms with Crippen LogP contribution in [0.15, 0.2) is 54.6 Å². The van der Waals surface area contributed by atoms with Gasteiger partial charge in [0, 0.05) is 16.5 Å². The SMILES string of the molecule is C[C@@H](Cc1ccccc1I)OC(=O)NCc1ccccc1. The maximum atomic E-state index is 11.8. The van der Waals surface area contributed by atoms with Gasteiger partial charge in [0.05, 0.1) is 0 Å². The van der Waals surface area contributed by atoms with Crippen LogP contribution in [-0.2, 0) is 17.7 Å². The molecule has 0 aliphatic heterocycles. The lowest BCUT2D eigenvalue weighted by atomic mass is 10.1. The van der Waals surface area contributed by atoms with Gasteiger partial charge in [0.15, 0.2) is 0 Å². The van der Waals surface area contributed by atoms with Crippen molar-refractivity contribution in [2.24, 2.45) is 0 Å². The van der Waals surface area contributed by atoms with Crippen molar-refractivity contribution in [2.75, 3.05) is 0 Å². The zero-order valence-electron chi connectivity index (χ0n) is 11.9. The molecule has 2 aromatic rings. The highest BCUT2D eigenvalue weighted by Crippen LogP contribution is 2.14. The van der Waals surface area contributed by atoms with E-state index < -0.39 is 0 Å². The van der Waals surface area contributed by atoms with Crippen molar-refractivity contribution < 1.29 is 9.53 Å². The van der Waals surface area contributed by atoms with E-state index in [-0.39, 0.29) is 12.2 Å². The number of carbonyl (C=O) groups is 1. The molecular weight excluding hydrogens is 377 g/mol. The van der Waals surface area contributed by atoms with E-state index in [9.17, 15) is 4.79 Å². The summed E-state index contributed by atoms with van der Waals surface area (Å²) in [6.45, 7) is 2.39. The van der Waals surface area contributed by atoms with Gasteiger partial charge in [0.1, 0.15) is 6.10 Å². The zero-order valence-corrected chi connectivity index (χ0v) is 14.0. The minimum Gasteiger partial charge on any atom is -0.446 e. The summed E-state index contributed by atoms with van der Waals surface area (Å²) in [5.41, 5.74) is 2.25. The van der Waals surface area contributed by atoms with Crippen LogP contribution >= 0.6 is 22.6 Å². The van der Waals surface area contributed by atoms with Crippen molar-refractivity contribution >= 4 is 28.7 Å². The average Bonchev–Trinajstić information content (AvgIpc) is 2.48. The molecule has 0 aromatic heterocycles. The minimum absolute atomic E-state index is 0.156. The van der Waals surface area contributed by atoms with Crippen LogP contribution in [0.25, 0.3) is 0 Å². The van der Waals surface area contributed by atoms with Crippen LogP contribution in [0, 0.1) is 3.57 Å². The number of rotatable bonds is 5. The number of halogens is 1. The van der Waals surface area contributed by atoms with Crippen LogP contribution in [0.4, 0.5) is 4.79 Å². The van der Waals surface area contributed by atoms with Crippen LogP contribution in [0.2, 0.25) is 0 Å². The maximum absolute atomic E-state index is 11.8. The van der Waals surface area contributed by atoms with E-state index in [1.165, 1.54) is 9.13 Å². The predicted octanol–water partition coefficient (Wildman–Crippen LogP) is 4.15. The van der Waals surface area contributed by atoms with E-state index in [4.69, 9.17) is 4.74 Å². The van der Waals surface area contributed by atoms with Gasteiger partial charge in [0.2, 0.25) is 0 Å².